The Morgan fingerprint density at radius 1 is 1.20 bits per heavy atom. The summed E-state index contributed by atoms with van der Waals surface area (Å²) in [7, 11) is 0. The standard InChI is InChI=1S/C10H9ClF3N/c11-7-5-9(10(12,13)14)15-8-4-2-1-3-6(7)8/h5H,1-4H2. The monoisotopic (exact) mass is 235 g/mol. The second-order valence-corrected chi connectivity index (χ2v) is 4.03. The van der Waals surface area contributed by atoms with Crippen molar-refractivity contribution in [3.05, 3.63) is 28.0 Å². The number of aryl methyl sites for hydroxylation is 1. The van der Waals surface area contributed by atoms with Gasteiger partial charge < -0.3 is 0 Å². The number of aromatic nitrogens is 1. The van der Waals surface area contributed by atoms with Crippen molar-refractivity contribution in [1.82, 2.24) is 4.98 Å². The first-order valence-electron chi connectivity index (χ1n) is 4.74. The van der Waals surface area contributed by atoms with Crippen molar-refractivity contribution >= 4 is 11.6 Å². The van der Waals surface area contributed by atoms with Crippen LogP contribution in [0, 0.1) is 0 Å². The van der Waals surface area contributed by atoms with E-state index >= 15 is 0 Å². The quantitative estimate of drug-likeness (QED) is 0.669. The van der Waals surface area contributed by atoms with E-state index in [0.29, 0.717) is 12.1 Å². The summed E-state index contributed by atoms with van der Waals surface area (Å²) in [4.78, 5) is 3.64. The summed E-state index contributed by atoms with van der Waals surface area (Å²) in [6.07, 6.45) is -1.22. The summed E-state index contributed by atoms with van der Waals surface area (Å²) in [6.45, 7) is 0. The predicted octanol–water partition coefficient (Wildman–Crippen LogP) is 3.63. The van der Waals surface area contributed by atoms with Crippen LogP contribution in [0.15, 0.2) is 6.07 Å². The zero-order valence-electron chi connectivity index (χ0n) is 7.86. The van der Waals surface area contributed by atoms with Gasteiger partial charge in [-0.15, -0.1) is 0 Å². The maximum atomic E-state index is 12.4. The number of pyridine rings is 1. The maximum Gasteiger partial charge on any atom is 0.433 e. The third-order valence-corrected chi connectivity index (χ3v) is 2.87. The van der Waals surface area contributed by atoms with Crippen molar-refractivity contribution in [1.29, 1.82) is 0 Å². The number of rotatable bonds is 0. The molecule has 0 saturated heterocycles. The molecule has 0 aliphatic heterocycles. The van der Waals surface area contributed by atoms with E-state index in [1.807, 2.05) is 0 Å². The molecule has 1 aromatic rings. The largest absolute Gasteiger partial charge is 0.433 e. The first kappa shape index (κ1) is 10.7. The third kappa shape index (κ3) is 2.09. The summed E-state index contributed by atoms with van der Waals surface area (Å²) in [5.41, 5.74) is 0.421. The van der Waals surface area contributed by atoms with Gasteiger partial charge in [0.15, 0.2) is 0 Å². The molecule has 2 rings (SSSR count). The maximum absolute atomic E-state index is 12.4. The van der Waals surface area contributed by atoms with Crippen LogP contribution in [0.25, 0.3) is 0 Å². The Morgan fingerprint density at radius 2 is 1.87 bits per heavy atom. The highest BCUT2D eigenvalue weighted by Gasteiger charge is 2.34. The van der Waals surface area contributed by atoms with Crippen LogP contribution in [-0.4, -0.2) is 4.98 Å². The molecule has 0 radical (unpaired) electrons. The van der Waals surface area contributed by atoms with Crippen LogP contribution in [-0.2, 0) is 19.0 Å². The minimum atomic E-state index is -4.41. The van der Waals surface area contributed by atoms with Gasteiger partial charge in [-0.2, -0.15) is 13.2 Å². The van der Waals surface area contributed by atoms with Gasteiger partial charge in [-0.25, -0.2) is 4.98 Å². The van der Waals surface area contributed by atoms with Gasteiger partial charge in [0.2, 0.25) is 0 Å². The molecule has 0 N–H and O–H groups in total. The lowest BCUT2D eigenvalue weighted by molar-refractivity contribution is -0.141. The molecule has 1 aromatic heterocycles. The molecule has 1 aliphatic carbocycles. The molecule has 0 bridgehead atoms. The molecule has 0 aromatic carbocycles. The predicted molar refractivity (Wildman–Crippen MR) is 50.9 cm³/mol. The van der Waals surface area contributed by atoms with E-state index in [9.17, 15) is 13.2 Å². The van der Waals surface area contributed by atoms with Crippen LogP contribution < -0.4 is 0 Å². The Labute approximate surface area is 90.3 Å². The molecule has 1 heterocycles. The number of fused-ring (bicyclic) bond motifs is 1. The molecule has 0 atom stereocenters. The number of alkyl halides is 3. The lowest BCUT2D eigenvalue weighted by Crippen LogP contribution is -2.14. The van der Waals surface area contributed by atoms with Gasteiger partial charge in [-0.1, -0.05) is 11.6 Å². The Hall–Kier alpha value is -0.770. The molecule has 0 saturated carbocycles. The molecular weight excluding hydrogens is 227 g/mol. The van der Waals surface area contributed by atoms with E-state index < -0.39 is 11.9 Å². The average molecular weight is 236 g/mol. The van der Waals surface area contributed by atoms with E-state index in [2.05, 4.69) is 4.98 Å². The van der Waals surface area contributed by atoms with Gasteiger partial charge in [0.25, 0.3) is 0 Å². The summed E-state index contributed by atoms with van der Waals surface area (Å²) >= 11 is 5.81. The summed E-state index contributed by atoms with van der Waals surface area (Å²) in [5.74, 6) is 0. The van der Waals surface area contributed by atoms with Crippen molar-refractivity contribution in [2.75, 3.05) is 0 Å². The Morgan fingerprint density at radius 3 is 2.53 bits per heavy atom. The van der Waals surface area contributed by atoms with Crippen LogP contribution in [0.3, 0.4) is 0 Å². The molecule has 15 heavy (non-hydrogen) atoms. The Bertz CT molecular complexity index is 387. The average Bonchev–Trinajstić information content (AvgIpc) is 2.16. The fourth-order valence-electron chi connectivity index (χ4n) is 1.80. The minimum Gasteiger partial charge on any atom is -0.248 e. The molecule has 0 amide bonds. The van der Waals surface area contributed by atoms with Crippen LogP contribution in [0.1, 0.15) is 29.8 Å². The van der Waals surface area contributed by atoms with E-state index in [4.69, 9.17) is 11.6 Å². The normalized spacial score (nSPS) is 16.3. The van der Waals surface area contributed by atoms with Crippen molar-refractivity contribution < 1.29 is 13.2 Å². The Balaban J connectivity index is 2.50. The van der Waals surface area contributed by atoms with Gasteiger partial charge in [0.1, 0.15) is 5.69 Å². The van der Waals surface area contributed by atoms with Crippen molar-refractivity contribution in [3.8, 4) is 0 Å². The highest BCUT2D eigenvalue weighted by atomic mass is 35.5. The zero-order valence-corrected chi connectivity index (χ0v) is 8.62. The van der Waals surface area contributed by atoms with Crippen LogP contribution in [0.5, 0.6) is 0 Å². The second kappa shape index (κ2) is 3.67. The highest BCUT2D eigenvalue weighted by Crippen LogP contribution is 2.34. The number of halogens is 4. The molecular formula is C10H9ClF3N. The van der Waals surface area contributed by atoms with Crippen LogP contribution in [0.4, 0.5) is 13.2 Å². The number of hydrogen-bond donors (Lipinski definition) is 0. The fraction of sp³-hybridized carbons (Fsp3) is 0.500. The molecule has 1 aliphatic rings. The number of nitrogens with zero attached hydrogens (tertiary/aromatic N) is 1. The molecule has 1 nitrogen and oxygen atoms in total. The summed E-state index contributed by atoms with van der Waals surface area (Å²) in [5, 5.41) is 0.201. The van der Waals surface area contributed by atoms with Crippen LogP contribution >= 0.6 is 11.6 Å². The van der Waals surface area contributed by atoms with Gasteiger partial charge in [0.05, 0.1) is 0 Å². The van der Waals surface area contributed by atoms with Gasteiger partial charge in [-0.3, -0.25) is 0 Å². The second-order valence-electron chi connectivity index (χ2n) is 3.62. The first-order valence-corrected chi connectivity index (χ1v) is 5.12. The third-order valence-electron chi connectivity index (χ3n) is 2.54. The zero-order chi connectivity index (χ0) is 11.1. The fourth-order valence-corrected chi connectivity index (χ4v) is 2.11. The topological polar surface area (TPSA) is 12.9 Å². The van der Waals surface area contributed by atoms with E-state index in [1.165, 1.54) is 0 Å². The van der Waals surface area contributed by atoms with Gasteiger partial charge in [0, 0.05) is 10.7 Å². The molecule has 82 valence electrons. The minimum absolute atomic E-state index is 0.201. The van der Waals surface area contributed by atoms with Crippen molar-refractivity contribution in [3.63, 3.8) is 0 Å². The molecule has 0 unspecified atom stereocenters. The summed E-state index contributed by atoms with van der Waals surface area (Å²) in [6, 6.07) is 0.922. The lowest BCUT2D eigenvalue weighted by Gasteiger charge is -2.18. The van der Waals surface area contributed by atoms with Crippen molar-refractivity contribution in [2.24, 2.45) is 0 Å². The molecule has 0 spiro atoms. The smallest absolute Gasteiger partial charge is 0.248 e. The first-order chi connectivity index (χ1) is 6.98. The van der Waals surface area contributed by atoms with E-state index in [-0.39, 0.29) is 5.02 Å². The van der Waals surface area contributed by atoms with E-state index in [1.54, 1.807) is 0 Å². The molecule has 5 heteroatoms. The molecule has 0 fully saturated rings. The van der Waals surface area contributed by atoms with Gasteiger partial charge >= 0.3 is 6.18 Å². The highest BCUT2D eigenvalue weighted by molar-refractivity contribution is 6.31. The van der Waals surface area contributed by atoms with Crippen molar-refractivity contribution in [2.45, 2.75) is 31.9 Å². The van der Waals surface area contributed by atoms with E-state index in [0.717, 1.165) is 30.9 Å². The number of hydrogen-bond acceptors (Lipinski definition) is 1. The Kier molecular flexibility index (Phi) is 2.63. The lowest BCUT2D eigenvalue weighted by atomic mass is 9.96. The van der Waals surface area contributed by atoms with Crippen LogP contribution in [0.2, 0.25) is 5.02 Å². The van der Waals surface area contributed by atoms with Gasteiger partial charge in [-0.05, 0) is 37.3 Å². The SMILES string of the molecule is FC(F)(F)c1cc(Cl)c2c(n1)CCCC2. The summed E-state index contributed by atoms with van der Waals surface area (Å²) < 4.78 is 37.3.